The van der Waals surface area contributed by atoms with E-state index in [0.29, 0.717) is 11.1 Å². The highest BCUT2D eigenvalue weighted by atomic mass is 79.9. The fourth-order valence-electron chi connectivity index (χ4n) is 1.79. The summed E-state index contributed by atoms with van der Waals surface area (Å²) in [5, 5.41) is 8.71. The summed E-state index contributed by atoms with van der Waals surface area (Å²) in [5.74, 6) is 0. The Morgan fingerprint density at radius 3 is 3.00 bits per heavy atom. The van der Waals surface area contributed by atoms with Crippen LogP contribution in [0.5, 0.6) is 0 Å². The summed E-state index contributed by atoms with van der Waals surface area (Å²) in [6.45, 7) is 0.829. The number of benzene rings is 1. The number of nitrogens with zero attached hydrogens (tertiary/aromatic N) is 2. The SMILES string of the molecule is Clc1ccc(Br)c(-n2ccc(CNC3CC3)n2)c1. The Kier molecular flexibility index (Phi) is 3.41. The van der Waals surface area contributed by atoms with Crippen molar-refractivity contribution >= 4 is 27.5 Å². The average Bonchev–Trinajstić information content (AvgIpc) is 3.08. The minimum absolute atomic E-state index is 0.702. The summed E-state index contributed by atoms with van der Waals surface area (Å²) in [6.07, 6.45) is 4.54. The molecule has 1 heterocycles. The number of hydrogen-bond donors (Lipinski definition) is 1. The molecular formula is C13H13BrClN3. The van der Waals surface area contributed by atoms with Gasteiger partial charge < -0.3 is 5.32 Å². The van der Waals surface area contributed by atoms with Crippen molar-refractivity contribution < 1.29 is 0 Å². The van der Waals surface area contributed by atoms with E-state index >= 15 is 0 Å². The van der Waals surface area contributed by atoms with E-state index in [2.05, 4.69) is 26.3 Å². The van der Waals surface area contributed by atoms with Crippen molar-refractivity contribution in [1.29, 1.82) is 0 Å². The van der Waals surface area contributed by atoms with Crippen LogP contribution in [-0.2, 0) is 6.54 Å². The standard InChI is InChI=1S/C13H13BrClN3/c14-12-4-1-9(15)7-13(12)18-6-5-11(17-18)8-16-10-2-3-10/h1,4-7,10,16H,2-3,8H2. The molecule has 1 N–H and O–H groups in total. The molecule has 0 unspecified atom stereocenters. The summed E-state index contributed by atoms with van der Waals surface area (Å²) in [4.78, 5) is 0. The maximum Gasteiger partial charge on any atom is 0.0802 e. The molecule has 0 radical (unpaired) electrons. The molecule has 1 saturated carbocycles. The zero-order chi connectivity index (χ0) is 12.5. The van der Waals surface area contributed by atoms with Gasteiger partial charge >= 0.3 is 0 Å². The molecule has 0 spiro atoms. The summed E-state index contributed by atoms with van der Waals surface area (Å²) in [5.41, 5.74) is 2.01. The largest absolute Gasteiger partial charge is 0.308 e. The van der Waals surface area contributed by atoms with Gasteiger partial charge in [-0.3, -0.25) is 0 Å². The van der Waals surface area contributed by atoms with Crippen LogP contribution < -0.4 is 5.32 Å². The quantitative estimate of drug-likeness (QED) is 0.931. The Labute approximate surface area is 119 Å². The van der Waals surface area contributed by atoms with E-state index in [1.807, 2.05) is 35.1 Å². The second kappa shape index (κ2) is 5.03. The first kappa shape index (κ1) is 12.2. The van der Waals surface area contributed by atoms with Crippen molar-refractivity contribution in [3.05, 3.63) is 45.7 Å². The summed E-state index contributed by atoms with van der Waals surface area (Å²) >= 11 is 9.52. The van der Waals surface area contributed by atoms with E-state index in [-0.39, 0.29) is 0 Å². The van der Waals surface area contributed by atoms with Crippen molar-refractivity contribution in [3.63, 3.8) is 0 Å². The molecule has 94 valence electrons. The number of hydrogen-bond acceptors (Lipinski definition) is 2. The van der Waals surface area contributed by atoms with Gasteiger partial charge in [0, 0.05) is 28.3 Å². The molecule has 1 aliphatic carbocycles. The van der Waals surface area contributed by atoms with Crippen molar-refractivity contribution in [1.82, 2.24) is 15.1 Å². The zero-order valence-corrected chi connectivity index (χ0v) is 12.1. The lowest BCUT2D eigenvalue weighted by Crippen LogP contribution is -2.15. The third-order valence-electron chi connectivity index (χ3n) is 2.95. The maximum atomic E-state index is 6.01. The molecule has 1 fully saturated rings. The van der Waals surface area contributed by atoms with Crippen LogP contribution in [0.25, 0.3) is 5.69 Å². The normalized spacial score (nSPS) is 15.0. The van der Waals surface area contributed by atoms with Crippen LogP contribution in [0.4, 0.5) is 0 Å². The molecule has 2 aromatic rings. The Bertz CT molecular complexity index is 563. The molecule has 0 bridgehead atoms. The van der Waals surface area contributed by atoms with Crippen LogP contribution in [0.3, 0.4) is 0 Å². The molecular weight excluding hydrogens is 314 g/mol. The fourth-order valence-corrected chi connectivity index (χ4v) is 2.38. The van der Waals surface area contributed by atoms with Crippen LogP contribution in [0, 0.1) is 0 Å². The van der Waals surface area contributed by atoms with Gasteiger partial charge in [-0.1, -0.05) is 11.6 Å². The fraction of sp³-hybridized carbons (Fsp3) is 0.308. The van der Waals surface area contributed by atoms with Gasteiger partial charge in [-0.15, -0.1) is 0 Å². The van der Waals surface area contributed by atoms with Crippen molar-refractivity contribution in [2.45, 2.75) is 25.4 Å². The molecule has 1 aromatic heterocycles. The van der Waals surface area contributed by atoms with E-state index in [4.69, 9.17) is 11.6 Å². The first-order valence-corrected chi connectivity index (χ1v) is 7.13. The van der Waals surface area contributed by atoms with Gasteiger partial charge in [-0.25, -0.2) is 4.68 Å². The zero-order valence-electron chi connectivity index (χ0n) is 9.74. The Morgan fingerprint density at radius 1 is 1.39 bits per heavy atom. The van der Waals surface area contributed by atoms with E-state index in [1.165, 1.54) is 12.8 Å². The predicted octanol–water partition coefficient (Wildman–Crippen LogP) is 3.54. The van der Waals surface area contributed by atoms with E-state index in [1.54, 1.807) is 0 Å². The number of halogens is 2. The van der Waals surface area contributed by atoms with Gasteiger partial charge in [0.25, 0.3) is 0 Å². The monoisotopic (exact) mass is 325 g/mol. The van der Waals surface area contributed by atoms with E-state index in [0.717, 1.165) is 22.4 Å². The highest BCUT2D eigenvalue weighted by Crippen LogP contribution is 2.24. The van der Waals surface area contributed by atoms with Crippen LogP contribution >= 0.6 is 27.5 Å². The lowest BCUT2D eigenvalue weighted by molar-refractivity contribution is 0.664. The molecule has 1 aliphatic rings. The molecule has 0 aliphatic heterocycles. The third kappa shape index (κ3) is 2.76. The lowest BCUT2D eigenvalue weighted by atomic mass is 10.3. The Hall–Kier alpha value is -0.840. The second-order valence-electron chi connectivity index (χ2n) is 4.50. The number of rotatable bonds is 4. The molecule has 0 amide bonds. The van der Waals surface area contributed by atoms with Crippen LogP contribution in [0.1, 0.15) is 18.5 Å². The molecule has 3 nitrogen and oxygen atoms in total. The number of aromatic nitrogens is 2. The second-order valence-corrected chi connectivity index (χ2v) is 5.79. The average molecular weight is 327 g/mol. The van der Waals surface area contributed by atoms with Crippen molar-refractivity contribution in [2.24, 2.45) is 0 Å². The molecule has 3 rings (SSSR count). The predicted molar refractivity (Wildman–Crippen MR) is 76.1 cm³/mol. The molecule has 0 saturated heterocycles. The van der Waals surface area contributed by atoms with E-state index in [9.17, 15) is 0 Å². The first-order valence-electron chi connectivity index (χ1n) is 5.96. The highest BCUT2D eigenvalue weighted by Gasteiger charge is 2.20. The van der Waals surface area contributed by atoms with Gasteiger partial charge in [0.1, 0.15) is 0 Å². The van der Waals surface area contributed by atoms with Crippen LogP contribution in [-0.4, -0.2) is 15.8 Å². The minimum Gasteiger partial charge on any atom is -0.308 e. The first-order chi connectivity index (χ1) is 8.72. The van der Waals surface area contributed by atoms with Gasteiger partial charge in [-0.2, -0.15) is 5.10 Å². The minimum atomic E-state index is 0.702. The van der Waals surface area contributed by atoms with Gasteiger partial charge in [0.05, 0.1) is 11.4 Å². The van der Waals surface area contributed by atoms with Gasteiger partial charge in [-0.05, 0) is 53.0 Å². The highest BCUT2D eigenvalue weighted by molar-refractivity contribution is 9.10. The van der Waals surface area contributed by atoms with E-state index < -0.39 is 0 Å². The molecule has 0 atom stereocenters. The smallest absolute Gasteiger partial charge is 0.0802 e. The topological polar surface area (TPSA) is 29.9 Å². The molecule has 1 aromatic carbocycles. The number of nitrogens with one attached hydrogen (secondary N) is 1. The van der Waals surface area contributed by atoms with Crippen molar-refractivity contribution in [3.8, 4) is 5.69 Å². The summed E-state index contributed by atoms with van der Waals surface area (Å²) < 4.78 is 2.83. The van der Waals surface area contributed by atoms with Crippen LogP contribution in [0.2, 0.25) is 5.02 Å². The summed E-state index contributed by atoms with van der Waals surface area (Å²) in [7, 11) is 0. The van der Waals surface area contributed by atoms with Crippen LogP contribution in [0.15, 0.2) is 34.9 Å². The molecule has 5 heteroatoms. The maximum absolute atomic E-state index is 6.01. The Balaban J connectivity index is 1.80. The van der Waals surface area contributed by atoms with Gasteiger partial charge in [0.15, 0.2) is 0 Å². The lowest BCUT2D eigenvalue weighted by Gasteiger charge is -2.05. The third-order valence-corrected chi connectivity index (χ3v) is 3.85. The van der Waals surface area contributed by atoms with Gasteiger partial charge in [0.2, 0.25) is 0 Å². The Morgan fingerprint density at radius 2 is 2.22 bits per heavy atom. The van der Waals surface area contributed by atoms with Crippen molar-refractivity contribution in [2.75, 3.05) is 0 Å². The molecule has 18 heavy (non-hydrogen) atoms. The summed E-state index contributed by atoms with van der Waals surface area (Å²) in [6, 6.07) is 8.42.